The van der Waals surface area contributed by atoms with Crippen molar-refractivity contribution >= 4 is 46.1 Å². The predicted molar refractivity (Wildman–Crippen MR) is 157 cm³/mol. The van der Waals surface area contributed by atoms with Crippen molar-refractivity contribution in [3.05, 3.63) is 65.3 Å². The number of amides is 3. The summed E-state index contributed by atoms with van der Waals surface area (Å²) in [5.74, 6) is 1.43. The average molecular weight is 575 g/mol. The largest absolute Gasteiger partial charge is 0.378 e. The van der Waals surface area contributed by atoms with Crippen LogP contribution >= 0.6 is 11.6 Å². The molecule has 0 atom stereocenters. The van der Waals surface area contributed by atoms with Gasteiger partial charge in [0.2, 0.25) is 0 Å². The minimum Gasteiger partial charge on any atom is -0.378 e. The van der Waals surface area contributed by atoms with Gasteiger partial charge in [0.1, 0.15) is 5.82 Å². The van der Waals surface area contributed by atoms with Crippen LogP contribution in [0.15, 0.2) is 54.7 Å². The Labute approximate surface area is 242 Å². The van der Waals surface area contributed by atoms with E-state index in [1.807, 2.05) is 40.0 Å². The molecule has 2 aromatic heterocycles. The van der Waals surface area contributed by atoms with E-state index < -0.39 is 0 Å². The summed E-state index contributed by atoms with van der Waals surface area (Å²) in [6.45, 7) is 3.99. The molecule has 2 aromatic carbocycles. The molecule has 4 aromatic rings. The molecule has 0 radical (unpaired) electrons. The lowest BCUT2D eigenvalue weighted by Gasteiger charge is -2.32. The first-order chi connectivity index (χ1) is 20.0. The topological polar surface area (TPSA) is 118 Å². The second-order valence-corrected chi connectivity index (χ2v) is 10.5. The highest BCUT2D eigenvalue weighted by molar-refractivity contribution is 6.30. The number of nitrogens with one attached hydrogen (secondary N) is 2. The SMILES string of the molecule is CNC(=O)Nc1ccc(-c2nc(N3CCOCC3)c3cnn(C4CCN(C(=O)c5ccc(Cl)cc5)CC4)c3n2)cc1. The first kappa shape index (κ1) is 27.0. The molecule has 2 aliphatic rings. The first-order valence-corrected chi connectivity index (χ1v) is 14.1. The Bertz CT molecular complexity index is 1540. The quantitative estimate of drug-likeness (QED) is 0.366. The Hall–Kier alpha value is -4.22. The van der Waals surface area contributed by atoms with Gasteiger partial charge in [-0.2, -0.15) is 5.10 Å². The number of likely N-dealkylation sites (tertiary alicyclic amines) is 1. The van der Waals surface area contributed by atoms with Crippen LogP contribution in [0.5, 0.6) is 0 Å². The molecular formula is C29H31ClN8O3. The zero-order valence-electron chi connectivity index (χ0n) is 22.7. The number of aromatic nitrogens is 4. The van der Waals surface area contributed by atoms with Gasteiger partial charge in [0.15, 0.2) is 11.5 Å². The monoisotopic (exact) mass is 574 g/mol. The van der Waals surface area contributed by atoms with Gasteiger partial charge in [0.25, 0.3) is 5.91 Å². The molecule has 11 nitrogen and oxygen atoms in total. The number of ether oxygens (including phenoxy) is 1. The Balaban J connectivity index is 1.29. The Kier molecular flexibility index (Phi) is 7.71. The standard InChI is InChI=1S/C29H31ClN8O3/c1-31-29(40)33-22-8-4-19(5-9-22)25-34-26(36-14-16-41-17-15-36)24-18-32-38(27(24)35-25)23-10-12-37(13-11-23)28(39)20-2-6-21(30)7-3-20/h2-9,18,23H,10-17H2,1H3,(H2,31,33,40). The second kappa shape index (κ2) is 11.7. The first-order valence-electron chi connectivity index (χ1n) is 13.7. The number of anilines is 2. The van der Waals surface area contributed by atoms with E-state index in [1.165, 1.54) is 0 Å². The molecule has 0 unspecified atom stereocenters. The molecule has 41 heavy (non-hydrogen) atoms. The lowest BCUT2D eigenvalue weighted by Crippen LogP contribution is -2.39. The number of rotatable bonds is 5. The summed E-state index contributed by atoms with van der Waals surface area (Å²) >= 11 is 6.00. The number of carbonyl (C=O) groups excluding carboxylic acids is 2. The molecule has 3 amide bonds. The van der Waals surface area contributed by atoms with Crippen molar-refractivity contribution in [3.63, 3.8) is 0 Å². The third-order valence-corrected chi connectivity index (χ3v) is 7.81. The van der Waals surface area contributed by atoms with Crippen molar-refractivity contribution in [2.45, 2.75) is 18.9 Å². The average Bonchev–Trinajstić information content (AvgIpc) is 3.45. The molecule has 6 rings (SSSR count). The van der Waals surface area contributed by atoms with Crippen LogP contribution in [0.1, 0.15) is 29.2 Å². The molecule has 0 spiro atoms. The fourth-order valence-electron chi connectivity index (χ4n) is 5.31. The zero-order valence-corrected chi connectivity index (χ0v) is 23.5. The van der Waals surface area contributed by atoms with Crippen LogP contribution in [0.3, 0.4) is 0 Å². The molecule has 4 heterocycles. The minimum absolute atomic E-state index is 0.0130. The van der Waals surface area contributed by atoms with Crippen LogP contribution in [0.25, 0.3) is 22.4 Å². The summed E-state index contributed by atoms with van der Waals surface area (Å²) in [4.78, 5) is 38.8. The minimum atomic E-state index is -0.283. The maximum atomic E-state index is 13.0. The van der Waals surface area contributed by atoms with Crippen molar-refractivity contribution < 1.29 is 14.3 Å². The van der Waals surface area contributed by atoms with Crippen LogP contribution in [-0.4, -0.2) is 83.0 Å². The van der Waals surface area contributed by atoms with E-state index in [1.54, 1.807) is 31.3 Å². The van der Waals surface area contributed by atoms with Crippen molar-refractivity contribution in [1.82, 2.24) is 30.0 Å². The second-order valence-electron chi connectivity index (χ2n) is 10.1. The number of piperidine rings is 1. The van der Waals surface area contributed by atoms with Gasteiger partial charge in [0, 0.05) is 55.1 Å². The highest BCUT2D eigenvalue weighted by Crippen LogP contribution is 2.32. The molecule has 0 saturated carbocycles. The highest BCUT2D eigenvalue weighted by atomic mass is 35.5. The zero-order chi connectivity index (χ0) is 28.3. The molecule has 0 bridgehead atoms. The summed E-state index contributed by atoms with van der Waals surface area (Å²) in [5, 5.41) is 11.6. The molecule has 2 saturated heterocycles. The lowest BCUT2D eigenvalue weighted by atomic mass is 10.0. The fraction of sp³-hybridized carbons (Fsp3) is 0.345. The van der Waals surface area contributed by atoms with E-state index in [0.717, 1.165) is 48.3 Å². The number of hydrogen-bond acceptors (Lipinski definition) is 7. The van der Waals surface area contributed by atoms with E-state index in [0.29, 0.717) is 48.4 Å². The van der Waals surface area contributed by atoms with Gasteiger partial charge in [-0.05, 0) is 61.4 Å². The molecule has 2 fully saturated rings. The Morgan fingerprint density at radius 3 is 2.34 bits per heavy atom. The number of fused-ring (bicyclic) bond motifs is 1. The number of morpholine rings is 1. The van der Waals surface area contributed by atoms with Crippen molar-refractivity contribution in [2.24, 2.45) is 0 Å². The van der Waals surface area contributed by atoms with Crippen molar-refractivity contribution in [1.29, 1.82) is 0 Å². The van der Waals surface area contributed by atoms with E-state index in [4.69, 9.17) is 31.4 Å². The van der Waals surface area contributed by atoms with E-state index in [9.17, 15) is 9.59 Å². The molecule has 2 N–H and O–H groups in total. The predicted octanol–water partition coefficient (Wildman–Crippen LogP) is 4.21. The molecule has 2 aliphatic heterocycles. The van der Waals surface area contributed by atoms with E-state index >= 15 is 0 Å². The molecule has 0 aliphatic carbocycles. The summed E-state index contributed by atoms with van der Waals surface area (Å²) in [6.07, 6.45) is 3.38. The van der Waals surface area contributed by atoms with Crippen molar-refractivity contribution in [2.75, 3.05) is 56.7 Å². The number of carbonyl (C=O) groups is 2. The van der Waals surface area contributed by atoms with Crippen molar-refractivity contribution in [3.8, 4) is 11.4 Å². The van der Waals surface area contributed by atoms with Gasteiger partial charge in [0.05, 0.1) is 30.8 Å². The van der Waals surface area contributed by atoms with Gasteiger partial charge < -0.3 is 25.2 Å². The number of halogens is 1. The van der Waals surface area contributed by atoms with Gasteiger partial charge in [-0.25, -0.2) is 19.4 Å². The summed E-state index contributed by atoms with van der Waals surface area (Å²) in [7, 11) is 1.57. The highest BCUT2D eigenvalue weighted by Gasteiger charge is 2.28. The number of urea groups is 1. The number of nitrogens with zero attached hydrogens (tertiary/aromatic N) is 6. The number of benzene rings is 2. The molecule has 12 heteroatoms. The Morgan fingerprint density at radius 1 is 0.951 bits per heavy atom. The number of hydrogen-bond donors (Lipinski definition) is 2. The van der Waals surface area contributed by atoms with Crippen LogP contribution in [0, 0.1) is 0 Å². The molecule has 212 valence electrons. The Morgan fingerprint density at radius 2 is 1.66 bits per heavy atom. The van der Waals surface area contributed by atoms with Gasteiger partial charge in [-0.1, -0.05) is 11.6 Å². The maximum Gasteiger partial charge on any atom is 0.318 e. The van der Waals surface area contributed by atoms with Gasteiger partial charge >= 0.3 is 6.03 Å². The lowest BCUT2D eigenvalue weighted by molar-refractivity contribution is 0.0691. The smallest absolute Gasteiger partial charge is 0.318 e. The molecular weight excluding hydrogens is 544 g/mol. The van der Waals surface area contributed by atoms with E-state index in [2.05, 4.69) is 15.5 Å². The van der Waals surface area contributed by atoms with Crippen LogP contribution in [0.2, 0.25) is 5.02 Å². The van der Waals surface area contributed by atoms with Crippen LogP contribution < -0.4 is 15.5 Å². The summed E-state index contributed by atoms with van der Waals surface area (Å²) < 4.78 is 7.58. The van der Waals surface area contributed by atoms with Gasteiger partial charge in [-0.3, -0.25) is 4.79 Å². The fourth-order valence-corrected chi connectivity index (χ4v) is 5.43. The normalized spacial score (nSPS) is 16.1. The van der Waals surface area contributed by atoms with Crippen LogP contribution in [-0.2, 0) is 4.74 Å². The third-order valence-electron chi connectivity index (χ3n) is 7.56. The maximum absolute atomic E-state index is 13.0. The summed E-state index contributed by atoms with van der Waals surface area (Å²) in [5.41, 5.74) is 2.92. The summed E-state index contributed by atoms with van der Waals surface area (Å²) in [6, 6.07) is 14.3. The van der Waals surface area contributed by atoms with Gasteiger partial charge in [-0.15, -0.1) is 0 Å². The van der Waals surface area contributed by atoms with Crippen LogP contribution in [0.4, 0.5) is 16.3 Å². The van der Waals surface area contributed by atoms with E-state index in [-0.39, 0.29) is 18.0 Å². The third kappa shape index (κ3) is 5.68.